The largest absolute Gasteiger partial charge is 0.345 e. The summed E-state index contributed by atoms with van der Waals surface area (Å²) < 4.78 is 0. The van der Waals surface area contributed by atoms with Crippen LogP contribution in [-0.2, 0) is 0 Å². The molecule has 0 fully saturated rings. The van der Waals surface area contributed by atoms with Crippen molar-refractivity contribution in [2.45, 2.75) is 26.3 Å². The number of hydrogen-bond acceptors (Lipinski definition) is 3. The zero-order valence-corrected chi connectivity index (χ0v) is 13.6. The second kappa shape index (κ2) is 7.24. The highest BCUT2D eigenvalue weighted by molar-refractivity contribution is 6.34. The van der Waals surface area contributed by atoms with E-state index in [0.717, 1.165) is 17.5 Å². The van der Waals surface area contributed by atoms with Gasteiger partial charge in [0.2, 0.25) is 0 Å². The number of amides is 1. The van der Waals surface area contributed by atoms with Gasteiger partial charge in [-0.15, -0.1) is 0 Å². The highest BCUT2D eigenvalue weighted by Gasteiger charge is 2.18. The van der Waals surface area contributed by atoms with Gasteiger partial charge in [0, 0.05) is 12.1 Å². The molecular formula is C17H17ClN2O3. The Balaban J connectivity index is 2.19. The number of non-ortho nitro benzene ring substituents is 1. The van der Waals surface area contributed by atoms with Crippen LogP contribution in [0.5, 0.6) is 0 Å². The lowest BCUT2D eigenvalue weighted by Gasteiger charge is -2.18. The number of carbonyl (C=O) groups is 1. The normalized spacial score (nSPS) is 11.8. The predicted molar refractivity (Wildman–Crippen MR) is 89.8 cm³/mol. The molecule has 2 rings (SSSR count). The molecule has 1 amide bonds. The fourth-order valence-electron chi connectivity index (χ4n) is 2.26. The van der Waals surface area contributed by atoms with E-state index in [1.807, 2.05) is 38.1 Å². The van der Waals surface area contributed by atoms with Gasteiger partial charge >= 0.3 is 0 Å². The Morgan fingerprint density at radius 3 is 2.43 bits per heavy atom. The Hall–Kier alpha value is -2.40. The number of halogens is 1. The summed E-state index contributed by atoms with van der Waals surface area (Å²) in [5.41, 5.74) is 2.23. The van der Waals surface area contributed by atoms with Crippen molar-refractivity contribution in [1.29, 1.82) is 0 Å². The van der Waals surface area contributed by atoms with Crippen LogP contribution in [0.25, 0.3) is 0 Å². The summed E-state index contributed by atoms with van der Waals surface area (Å²) in [6.45, 7) is 3.97. The maximum Gasteiger partial charge on any atom is 0.270 e. The van der Waals surface area contributed by atoms with Crippen LogP contribution in [0.15, 0.2) is 42.5 Å². The third kappa shape index (κ3) is 4.07. The molecule has 1 N–H and O–H groups in total. The molecule has 0 aromatic heterocycles. The predicted octanol–water partition coefficient (Wildman–Crippen LogP) is 4.44. The first-order valence-corrected chi connectivity index (χ1v) is 7.61. The number of hydrogen-bond donors (Lipinski definition) is 1. The van der Waals surface area contributed by atoms with E-state index in [9.17, 15) is 14.9 Å². The molecule has 0 aliphatic carbocycles. The molecule has 1 unspecified atom stereocenters. The van der Waals surface area contributed by atoms with Crippen LogP contribution in [0.2, 0.25) is 5.02 Å². The second-order valence-corrected chi connectivity index (χ2v) is 5.67. The van der Waals surface area contributed by atoms with Crippen LogP contribution < -0.4 is 5.32 Å². The van der Waals surface area contributed by atoms with Crippen molar-refractivity contribution in [3.63, 3.8) is 0 Å². The molecule has 2 aromatic rings. The van der Waals surface area contributed by atoms with Gasteiger partial charge in [-0.05, 0) is 25.0 Å². The van der Waals surface area contributed by atoms with E-state index in [1.165, 1.54) is 18.2 Å². The van der Waals surface area contributed by atoms with Gasteiger partial charge in [0.1, 0.15) is 0 Å². The molecule has 23 heavy (non-hydrogen) atoms. The van der Waals surface area contributed by atoms with Gasteiger partial charge in [-0.3, -0.25) is 14.9 Å². The number of nitrogens with one attached hydrogen (secondary N) is 1. The van der Waals surface area contributed by atoms with Crippen molar-refractivity contribution in [3.8, 4) is 0 Å². The van der Waals surface area contributed by atoms with Crippen LogP contribution in [-0.4, -0.2) is 10.8 Å². The molecule has 0 saturated heterocycles. The zero-order chi connectivity index (χ0) is 17.0. The molecule has 2 aromatic carbocycles. The Morgan fingerprint density at radius 2 is 1.91 bits per heavy atom. The molecule has 0 radical (unpaired) electrons. The van der Waals surface area contributed by atoms with Gasteiger partial charge in [-0.2, -0.15) is 0 Å². The van der Waals surface area contributed by atoms with Gasteiger partial charge < -0.3 is 5.32 Å². The minimum atomic E-state index is -0.547. The lowest BCUT2D eigenvalue weighted by molar-refractivity contribution is -0.384. The minimum absolute atomic E-state index is 0.0652. The molecule has 1 atom stereocenters. The number of rotatable bonds is 5. The number of carbonyl (C=O) groups excluding carboxylic acids is 1. The van der Waals surface area contributed by atoms with E-state index in [0.29, 0.717) is 0 Å². The van der Waals surface area contributed by atoms with Crippen LogP contribution in [0, 0.1) is 17.0 Å². The molecule has 0 bridgehead atoms. The van der Waals surface area contributed by atoms with Crippen LogP contribution in [0.1, 0.15) is 40.9 Å². The molecule has 0 aliphatic rings. The Bertz CT molecular complexity index is 729. The molecule has 0 heterocycles. The fourth-order valence-corrected chi connectivity index (χ4v) is 2.52. The van der Waals surface area contributed by atoms with E-state index in [-0.39, 0.29) is 28.2 Å². The van der Waals surface area contributed by atoms with Crippen molar-refractivity contribution in [3.05, 3.63) is 74.3 Å². The average molecular weight is 333 g/mol. The number of nitrogens with zero attached hydrogens (tertiary/aromatic N) is 1. The van der Waals surface area contributed by atoms with Crippen molar-refractivity contribution in [1.82, 2.24) is 5.32 Å². The molecule has 0 saturated carbocycles. The first-order valence-electron chi connectivity index (χ1n) is 7.23. The fraction of sp³-hybridized carbons (Fsp3) is 0.235. The van der Waals surface area contributed by atoms with Crippen LogP contribution in [0.4, 0.5) is 5.69 Å². The SMILES string of the molecule is CCC(NC(=O)c1ccc([N+](=O)[O-])cc1Cl)c1ccc(C)cc1. The first-order chi connectivity index (χ1) is 10.9. The number of nitro benzene ring substituents is 1. The highest BCUT2D eigenvalue weighted by Crippen LogP contribution is 2.24. The van der Waals surface area contributed by atoms with E-state index in [1.54, 1.807) is 0 Å². The van der Waals surface area contributed by atoms with Crippen molar-refractivity contribution < 1.29 is 9.72 Å². The lowest BCUT2D eigenvalue weighted by Crippen LogP contribution is -2.28. The van der Waals surface area contributed by atoms with Gasteiger partial charge in [-0.1, -0.05) is 48.4 Å². The minimum Gasteiger partial charge on any atom is -0.345 e. The summed E-state index contributed by atoms with van der Waals surface area (Å²) in [7, 11) is 0. The quantitative estimate of drug-likeness (QED) is 0.650. The van der Waals surface area contributed by atoms with E-state index >= 15 is 0 Å². The monoisotopic (exact) mass is 332 g/mol. The van der Waals surface area contributed by atoms with Gasteiger partial charge in [0.25, 0.3) is 11.6 Å². The Morgan fingerprint density at radius 1 is 1.26 bits per heavy atom. The molecule has 6 heteroatoms. The maximum absolute atomic E-state index is 12.4. The van der Waals surface area contributed by atoms with Crippen LogP contribution >= 0.6 is 11.6 Å². The van der Waals surface area contributed by atoms with Gasteiger partial charge in [-0.25, -0.2) is 0 Å². The molecule has 0 spiro atoms. The summed E-state index contributed by atoms with van der Waals surface area (Å²) >= 11 is 6.00. The molecule has 5 nitrogen and oxygen atoms in total. The van der Waals surface area contributed by atoms with E-state index in [4.69, 9.17) is 11.6 Å². The smallest absolute Gasteiger partial charge is 0.270 e. The number of aryl methyl sites for hydroxylation is 1. The van der Waals surface area contributed by atoms with Crippen molar-refractivity contribution >= 4 is 23.2 Å². The Labute approximate surface area is 139 Å². The first kappa shape index (κ1) is 17.0. The molecular weight excluding hydrogens is 316 g/mol. The van der Waals surface area contributed by atoms with Crippen molar-refractivity contribution in [2.75, 3.05) is 0 Å². The summed E-state index contributed by atoms with van der Waals surface area (Å²) in [5.74, 6) is -0.350. The second-order valence-electron chi connectivity index (χ2n) is 5.27. The number of nitro groups is 1. The summed E-state index contributed by atoms with van der Waals surface area (Å²) in [6.07, 6.45) is 0.722. The maximum atomic E-state index is 12.4. The number of benzene rings is 2. The Kier molecular flexibility index (Phi) is 5.34. The lowest BCUT2D eigenvalue weighted by atomic mass is 10.0. The van der Waals surface area contributed by atoms with Crippen molar-refractivity contribution in [2.24, 2.45) is 0 Å². The van der Waals surface area contributed by atoms with Gasteiger partial charge in [0.05, 0.1) is 21.6 Å². The van der Waals surface area contributed by atoms with E-state index < -0.39 is 4.92 Å². The highest BCUT2D eigenvalue weighted by atomic mass is 35.5. The zero-order valence-electron chi connectivity index (χ0n) is 12.9. The summed E-state index contributed by atoms with van der Waals surface area (Å²) in [4.78, 5) is 22.6. The third-order valence-corrected chi connectivity index (χ3v) is 3.91. The van der Waals surface area contributed by atoms with Crippen LogP contribution in [0.3, 0.4) is 0 Å². The summed E-state index contributed by atoms with van der Waals surface area (Å²) in [5, 5.41) is 13.7. The third-order valence-electron chi connectivity index (χ3n) is 3.60. The topological polar surface area (TPSA) is 72.2 Å². The standard InChI is InChI=1S/C17H17ClN2O3/c1-3-16(12-6-4-11(2)5-7-12)19-17(21)14-9-8-13(20(22)23)10-15(14)18/h4-10,16H,3H2,1-2H3,(H,19,21). The van der Waals surface area contributed by atoms with Gasteiger partial charge in [0.15, 0.2) is 0 Å². The van der Waals surface area contributed by atoms with E-state index in [2.05, 4.69) is 5.32 Å². The molecule has 0 aliphatic heterocycles. The summed E-state index contributed by atoms with van der Waals surface area (Å²) in [6, 6.07) is 11.6. The average Bonchev–Trinajstić information content (AvgIpc) is 2.53. The molecule has 120 valence electrons.